The zero-order valence-corrected chi connectivity index (χ0v) is 33.5. The van der Waals surface area contributed by atoms with E-state index in [0.29, 0.717) is 6.67 Å². The number of fused-ring (bicyclic) bond motifs is 4. The molecule has 1 aliphatic rings. The molecule has 0 spiro atoms. The summed E-state index contributed by atoms with van der Waals surface area (Å²) in [7, 11) is 0. The molecule has 0 aliphatic carbocycles. The molecule has 4 heterocycles. The zero-order chi connectivity index (χ0) is 38.9. The molecule has 278 valence electrons. The topological polar surface area (TPSA) is 46.4 Å². The van der Waals surface area contributed by atoms with Gasteiger partial charge >= 0.3 is 0 Å². The van der Waals surface area contributed by atoms with Crippen LogP contribution < -0.4 is 14.5 Å². The molecule has 0 amide bonds. The van der Waals surface area contributed by atoms with Crippen LogP contribution >= 0.6 is 0 Å². The molecule has 6 nitrogen and oxygen atoms in total. The minimum Gasteiger partial charge on any atom is -0.457 e. The zero-order valence-electron chi connectivity index (χ0n) is 33.5. The van der Waals surface area contributed by atoms with Crippen LogP contribution in [-0.2, 0) is 5.41 Å². The fourth-order valence-electron chi connectivity index (χ4n) is 8.77. The molecule has 0 saturated heterocycles. The summed E-state index contributed by atoms with van der Waals surface area (Å²) in [6, 6.07) is 41.0. The maximum absolute atomic E-state index is 6.68. The average Bonchev–Trinajstić information content (AvgIpc) is 3.70. The molecule has 0 atom stereocenters. The minimum atomic E-state index is 0.000516. The SMILES string of the molecule is Cc1cc(C)c(-c2cc(C)c(N3CN(c4cccc(Oc5ccc6c7ccccc7n(-c7cc(C(C)(C)C)ccn7)c6c5)c4)c4ncccc43)c(C)c2)c(C)c1. The number of aromatic nitrogens is 3. The van der Waals surface area contributed by atoms with Crippen LogP contribution in [0.25, 0.3) is 38.8 Å². The van der Waals surface area contributed by atoms with Crippen LogP contribution in [0.15, 0.2) is 128 Å². The standard InChI is InChI=1S/C50H47N5O/c1-31-23-32(2)47(33(3)24-31)36-25-34(4)48(35(5)26-36)54-30-53(49-44(54)17-12-21-52-49)38-13-11-14-39(28-38)56-40-18-19-42-41-15-9-10-16-43(41)55(45(42)29-40)46-27-37(20-22-51-46)50(6,7)8/h9-29H,30H2,1-8H3. The van der Waals surface area contributed by atoms with E-state index in [2.05, 4.69) is 173 Å². The Bertz CT molecular complexity index is 2780. The van der Waals surface area contributed by atoms with E-state index >= 15 is 0 Å². The summed E-state index contributed by atoms with van der Waals surface area (Å²) in [6.45, 7) is 18.4. The first-order valence-corrected chi connectivity index (χ1v) is 19.4. The van der Waals surface area contributed by atoms with Gasteiger partial charge < -0.3 is 14.5 Å². The van der Waals surface area contributed by atoms with E-state index in [9.17, 15) is 0 Å². The van der Waals surface area contributed by atoms with Gasteiger partial charge in [0.25, 0.3) is 0 Å². The Kier molecular flexibility index (Phi) is 8.46. The van der Waals surface area contributed by atoms with Gasteiger partial charge in [-0.15, -0.1) is 0 Å². The number of hydrogen-bond donors (Lipinski definition) is 0. The Labute approximate surface area is 329 Å². The van der Waals surface area contributed by atoms with Gasteiger partial charge in [-0.1, -0.05) is 62.7 Å². The number of anilines is 4. The normalized spacial score (nSPS) is 12.9. The van der Waals surface area contributed by atoms with Gasteiger partial charge in [-0.25, -0.2) is 9.97 Å². The molecule has 6 heteroatoms. The highest BCUT2D eigenvalue weighted by Gasteiger charge is 2.31. The summed E-state index contributed by atoms with van der Waals surface area (Å²) in [5.41, 5.74) is 15.7. The molecule has 5 aromatic carbocycles. The van der Waals surface area contributed by atoms with Crippen molar-refractivity contribution in [2.45, 2.75) is 60.8 Å². The summed E-state index contributed by atoms with van der Waals surface area (Å²) in [6.07, 6.45) is 3.79. The largest absolute Gasteiger partial charge is 0.457 e. The average molecular weight is 734 g/mol. The lowest BCUT2D eigenvalue weighted by molar-refractivity contribution is 0.483. The van der Waals surface area contributed by atoms with Crippen molar-refractivity contribution in [1.82, 2.24) is 14.5 Å². The predicted octanol–water partition coefficient (Wildman–Crippen LogP) is 13.1. The van der Waals surface area contributed by atoms with Gasteiger partial charge in [0.2, 0.25) is 0 Å². The second-order valence-electron chi connectivity index (χ2n) is 16.4. The maximum Gasteiger partial charge on any atom is 0.158 e. The number of aryl methyl sites for hydroxylation is 5. The summed E-state index contributed by atoms with van der Waals surface area (Å²) < 4.78 is 8.93. The summed E-state index contributed by atoms with van der Waals surface area (Å²) in [4.78, 5) is 14.4. The van der Waals surface area contributed by atoms with Crippen molar-refractivity contribution in [3.8, 4) is 28.4 Å². The molecule has 0 bridgehead atoms. The van der Waals surface area contributed by atoms with Crippen LogP contribution in [0.1, 0.15) is 54.2 Å². The van der Waals surface area contributed by atoms with Crippen molar-refractivity contribution in [3.05, 3.63) is 161 Å². The summed E-state index contributed by atoms with van der Waals surface area (Å²) in [5, 5.41) is 2.34. The first-order valence-electron chi connectivity index (χ1n) is 19.4. The second-order valence-corrected chi connectivity index (χ2v) is 16.4. The molecule has 0 N–H and O–H groups in total. The Morgan fingerprint density at radius 1 is 0.589 bits per heavy atom. The van der Waals surface area contributed by atoms with Crippen molar-refractivity contribution in [3.63, 3.8) is 0 Å². The Morgan fingerprint density at radius 2 is 1.32 bits per heavy atom. The van der Waals surface area contributed by atoms with Crippen LogP contribution in [0.3, 0.4) is 0 Å². The lowest BCUT2D eigenvalue weighted by Crippen LogP contribution is -2.25. The second kappa shape index (κ2) is 13.4. The highest BCUT2D eigenvalue weighted by molar-refractivity contribution is 6.09. The fourth-order valence-corrected chi connectivity index (χ4v) is 8.77. The third-order valence-corrected chi connectivity index (χ3v) is 11.2. The van der Waals surface area contributed by atoms with E-state index < -0.39 is 0 Å². The van der Waals surface area contributed by atoms with Gasteiger partial charge in [0.15, 0.2) is 5.82 Å². The quantitative estimate of drug-likeness (QED) is 0.170. The first kappa shape index (κ1) is 35.3. The highest BCUT2D eigenvalue weighted by atomic mass is 16.5. The van der Waals surface area contributed by atoms with Crippen LogP contribution in [0, 0.1) is 34.6 Å². The number of rotatable bonds is 6. The summed E-state index contributed by atoms with van der Waals surface area (Å²) in [5.74, 6) is 3.34. The predicted molar refractivity (Wildman–Crippen MR) is 233 cm³/mol. The molecule has 3 aromatic heterocycles. The van der Waals surface area contributed by atoms with E-state index in [1.54, 1.807) is 0 Å². The Morgan fingerprint density at radius 3 is 2.09 bits per heavy atom. The molecule has 0 radical (unpaired) electrons. The van der Waals surface area contributed by atoms with Gasteiger partial charge in [0.1, 0.15) is 24.0 Å². The van der Waals surface area contributed by atoms with E-state index in [1.165, 1.54) is 55.6 Å². The highest BCUT2D eigenvalue weighted by Crippen LogP contribution is 2.46. The number of ether oxygens (including phenoxy) is 1. The lowest BCUT2D eigenvalue weighted by Gasteiger charge is -2.26. The third-order valence-electron chi connectivity index (χ3n) is 11.2. The molecule has 0 fully saturated rings. The first-order chi connectivity index (χ1) is 26.9. The minimum absolute atomic E-state index is 0.000516. The fraction of sp³-hybridized carbons (Fsp3) is 0.200. The van der Waals surface area contributed by atoms with Gasteiger partial charge in [0, 0.05) is 46.7 Å². The number of benzene rings is 5. The van der Waals surface area contributed by atoms with E-state index in [1.807, 2.05) is 24.5 Å². The third kappa shape index (κ3) is 6.06. The maximum atomic E-state index is 6.68. The van der Waals surface area contributed by atoms with Crippen molar-refractivity contribution >= 4 is 44.7 Å². The molecule has 9 rings (SSSR count). The molecule has 1 aliphatic heterocycles. The smallest absolute Gasteiger partial charge is 0.158 e. The molecular formula is C50H47N5O. The van der Waals surface area contributed by atoms with Gasteiger partial charge in [-0.2, -0.15) is 0 Å². The number of hydrogen-bond acceptors (Lipinski definition) is 5. The van der Waals surface area contributed by atoms with E-state index in [0.717, 1.165) is 50.9 Å². The van der Waals surface area contributed by atoms with Crippen molar-refractivity contribution in [1.29, 1.82) is 0 Å². The Hall–Kier alpha value is -6.40. The van der Waals surface area contributed by atoms with Gasteiger partial charge in [-0.3, -0.25) is 4.57 Å². The number of para-hydroxylation sites is 1. The monoisotopic (exact) mass is 733 g/mol. The van der Waals surface area contributed by atoms with Crippen LogP contribution in [-0.4, -0.2) is 21.2 Å². The van der Waals surface area contributed by atoms with Crippen LogP contribution in [0.4, 0.5) is 22.9 Å². The van der Waals surface area contributed by atoms with Crippen molar-refractivity contribution in [2.24, 2.45) is 0 Å². The molecular weight excluding hydrogens is 687 g/mol. The lowest BCUT2D eigenvalue weighted by atomic mass is 9.88. The van der Waals surface area contributed by atoms with Crippen molar-refractivity contribution in [2.75, 3.05) is 16.5 Å². The summed E-state index contributed by atoms with van der Waals surface area (Å²) >= 11 is 0. The number of nitrogens with zero attached hydrogens (tertiary/aromatic N) is 5. The van der Waals surface area contributed by atoms with Gasteiger partial charge in [0.05, 0.1) is 16.7 Å². The van der Waals surface area contributed by atoms with Crippen LogP contribution in [0.2, 0.25) is 0 Å². The molecule has 0 unspecified atom stereocenters. The van der Waals surface area contributed by atoms with E-state index in [4.69, 9.17) is 14.7 Å². The van der Waals surface area contributed by atoms with E-state index in [-0.39, 0.29) is 5.41 Å². The van der Waals surface area contributed by atoms with Crippen molar-refractivity contribution < 1.29 is 4.74 Å². The Balaban J connectivity index is 1.05. The number of pyridine rings is 2. The molecule has 8 aromatic rings. The van der Waals surface area contributed by atoms with Crippen LogP contribution in [0.5, 0.6) is 11.5 Å². The molecule has 0 saturated carbocycles. The van der Waals surface area contributed by atoms with Gasteiger partial charge in [-0.05, 0) is 146 Å². The molecule has 56 heavy (non-hydrogen) atoms.